The molecule has 64 heavy (non-hydrogen) atoms. The topological polar surface area (TPSA) is 171 Å². The van der Waals surface area contributed by atoms with Gasteiger partial charge in [0.05, 0.1) is 41.4 Å². The lowest BCUT2D eigenvalue weighted by atomic mass is 9.84. The molecule has 15 nitrogen and oxygen atoms in total. The number of likely N-dealkylation sites (N-methyl/N-ethyl adjacent to an activating group) is 1. The number of aryl methyl sites for hydroxylation is 1. The van der Waals surface area contributed by atoms with Crippen molar-refractivity contribution in [3.63, 3.8) is 0 Å². The van der Waals surface area contributed by atoms with Gasteiger partial charge in [0.1, 0.15) is 23.9 Å². The lowest BCUT2D eigenvalue weighted by Gasteiger charge is -2.45. The molecule has 1 aromatic carbocycles. The number of nitrogens with zero attached hydrogens (tertiary/aromatic N) is 6. The Hall–Kier alpha value is -4.74. The molecule has 16 heteroatoms. The summed E-state index contributed by atoms with van der Waals surface area (Å²) in [5.41, 5.74) is 8.50. The molecule has 3 N–H and O–H groups in total. The second-order valence-electron chi connectivity index (χ2n) is 19.2. The van der Waals surface area contributed by atoms with Gasteiger partial charge in [-0.2, -0.15) is 0 Å². The van der Waals surface area contributed by atoms with Crippen molar-refractivity contribution in [1.82, 2.24) is 40.1 Å². The maximum atomic E-state index is 14.7. The summed E-state index contributed by atoms with van der Waals surface area (Å²) in [6.07, 6.45) is 4.14. The summed E-state index contributed by atoms with van der Waals surface area (Å²) in [6.45, 7) is 16.7. The summed E-state index contributed by atoms with van der Waals surface area (Å²) in [5.74, 6) is -0.885. The number of aliphatic hydroxyl groups is 1. The molecule has 1 unspecified atom stereocenters. The first-order chi connectivity index (χ1) is 30.5. The number of amides is 4. The Morgan fingerprint density at radius 2 is 1.94 bits per heavy atom. The maximum absolute atomic E-state index is 14.7. The third kappa shape index (κ3) is 9.48. The smallest absolute Gasteiger partial charge is 0.320 e. The predicted molar refractivity (Wildman–Crippen MR) is 247 cm³/mol. The van der Waals surface area contributed by atoms with E-state index in [1.54, 1.807) is 25.3 Å². The lowest BCUT2D eigenvalue weighted by Crippen LogP contribution is -2.67. The van der Waals surface area contributed by atoms with E-state index in [1.165, 1.54) is 21.2 Å². The number of likely N-dealkylation sites (tertiary alicyclic amines) is 1. The fourth-order valence-electron chi connectivity index (χ4n) is 9.62. The number of thiazole rings is 1. The van der Waals surface area contributed by atoms with Crippen molar-refractivity contribution in [3.8, 4) is 22.5 Å². The van der Waals surface area contributed by atoms with Gasteiger partial charge in [-0.1, -0.05) is 40.7 Å². The Bertz CT molecular complexity index is 2340. The number of hydrazine groups is 1. The van der Waals surface area contributed by atoms with Gasteiger partial charge >= 0.3 is 6.03 Å². The van der Waals surface area contributed by atoms with Crippen LogP contribution in [0.25, 0.3) is 33.4 Å². The number of benzene rings is 1. The van der Waals surface area contributed by atoms with E-state index in [2.05, 4.69) is 60.3 Å². The third-order valence-electron chi connectivity index (χ3n) is 13.4. The fraction of sp³-hybridized carbons (Fsp3) is 0.583. The number of aldehydes is 1. The fourth-order valence-corrected chi connectivity index (χ4v) is 10.5. The van der Waals surface area contributed by atoms with Crippen LogP contribution in [-0.4, -0.2) is 130 Å². The number of methoxy groups -OCH3 is 1. The van der Waals surface area contributed by atoms with Crippen molar-refractivity contribution in [2.45, 2.75) is 104 Å². The molecule has 346 valence electrons. The van der Waals surface area contributed by atoms with Gasteiger partial charge in [0.25, 0.3) is 5.91 Å². The van der Waals surface area contributed by atoms with Crippen molar-refractivity contribution in [3.05, 3.63) is 58.2 Å². The minimum absolute atomic E-state index is 0.0409. The van der Waals surface area contributed by atoms with Gasteiger partial charge in [-0.3, -0.25) is 19.6 Å². The molecule has 2 saturated heterocycles. The quantitative estimate of drug-likeness (QED) is 0.155. The Labute approximate surface area is 380 Å². The van der Waals surface area contributed by atoms with E-state index in [9.17, 15) is 24.3 Å². The molecule has 6 heterocycles. The predicted octanol–water partition coefficient (Wildman–Crippen LogP) is 5.88. The summed E-state index contributed by atoms with van der Waals surface area (Å²) in [5, 5.41) is 17.8. The molecule has 4 aromatic rings. The first-order valence-corrected chi connectivity index (χ1v) is 23.6. The van der Waals surface area contributed by atoms with Gasteiger partial charge < -0.3 is 39.1 Å². The summed E-state index contributed by atoms with van der Waals surface area (Å²) >= 11 is 1.42. The molecule has 7 rings (SSSR count). The number of nitrogens with one attached hydrogen (secondary N) is 2. The van der Waals surface area contributed by atoms with Crippen molar-refractivity contribution < 1.29 is 33.8 Å². The second-order valence-corrected chi connectivity index (χ2v) is 20.2. The molecule has 3 aliphatic heterocycles. The number of pyridine rings is 1. The van der Waals surface area contributed by atoms with Crippen molar-refractivity contribution in [1.29, 1.82) is 0 Å². The highest BCUT2D eigenvalue weighted by Crippen LogP contribution is 2.42. The van der Waals surface area contributed by atoms with Crippen molar-refractivity contribution in [2.24, 2.45) is 23.2 Å². The maximum Gasteiger partial charge on any atom is 0.320 e. The number of aromatic nitrogens is 3. The molecule has 2 fully saturated rings. The van der Waals surface area contributed by atoms with E-state index >= 15 is 0 Å². The number of urea groups is 1. The molecule has 0 spiro atoms. The molecule has 0 radical (unpaired) electrons. The number of carbonyl (C=O) groups is 4. The number of ether oxygens (including phenoxy) is 2. The molecule has 6 bridgehead atoms. The van der Waals surface area contributed by atoms with Crippen molar-refractivity contribution in [2.75, 3.05) is 53.6 Å². The number of hydrogen-bond acceptors (Lipinski definition) is 11. The average Bonchev–Trinajstić information content (AvgIpc) is 3.85. The zero-order chi connectivity index (χ0) is 46.1. The number of hydrogen-bond donors (Lipinski definition) is 3. The highest BCUT2D eigenvalue weighted by Gasteiger charge is 2.43. The van der Waals surface area contributed by atoms with Gasteiger partial charge in [0.2, 0.25) is 5.91 Å². The Morgan fingerprint density at radius 3 is 2.62 bits per heavy atom. The summed E-state index contributed by atoms with van der Waals surface area (Å²) in [6, 6.07) is 8.29. The average molecular weight is 899 g/mol. The number of rotatable bonds is 11. The third-order valence-corrected chi connectivity index (χ3v) is 14.3. The molecule has 3 aromatic heterocycles. The van der Waals surface area contributed by atoms with Crippen LogP contribution in [0, 0.1) is 23.2 Å². The van der Waals surface area contributed by atoms with Crippen LogP contribution in [0.4, 0.5) is 4.79 Å². The zero-order valence-corrected chi connectivity index (χ0v) is 39.7. The largest absolute Gasteiger partial charge is 0.396 e. The second kappa shape index (κ2) is 19.4. The van der Waals surface area contributed by atoms with Gasteiger partial charge in [0, 0.05) is 87.0 Å². The van der Waals surface area contributed by atoms with Crippen LogP contribution in [0.15, 0.2) is 41.9 Å². The first kappa shape index (κ1) is 47.2. The van der Waals surface area contributed by atoms with Crippen LogP contribution in [0.5, 0.6) is 0 Å². The number of carbonyl (C=O) groups excluding carboxylic acids is 4. The van der Waals surface area contributed by atoms with E-state index in [0.29, 0.717) is 57.1 Å². The van der Waals surface area contributed by atoms with E-state index in [-0.39, 0.29) is 49.5 Å². The molecule has 3 aliphatic rings. The molecular formula is C48H66N8O7S. The Kier molecular flexibility index (Phi) is 14.3. The van der Waals surface area contributed by atoms with E-state index in [4.69, 9.17) is 19.4 Å². The van der Waals surface area contributed by atoms with Crippen molar-refractivity contribution >= 4 is 46.4 Å². The van der Waals surface area contributed by atoms with Crippen LogP contribution in [0.2, 0.25) is 0 Å². The summed E-state index contributed by atoms with van der Waals surface area (Å²) in [4.78, 5) is 68.9. The molecule has 0 saturated carbocycles. The molecule has 5 atom stereocenters. The van der Waals surface area contributed by atoms with Gasteiger partial charge in [-0.25, -0.2) is 15.2 Å². The number of aliphatic hydroxyl groups excluding tert-OH is 1. The lowest BCUT2D eigenvalue weighted by molar-refractivity contribution is -0.147. The van der Waals surface area contributed by atoms with Crippen LogP contribution in [0.1, 0.15) is 83.7 Å². The Balaban J connectivity index is 1.28. The van der Waals surface area contributed by atoms with E-state index < -0.39 is 34.9 Å². The summed E-state index contributed by atoms with van der Waals surface area (Å²) in [7, 11) is 3.32. The SMILES string of the molecule is CCn1c(-c2cccnc2[C@H](C)OC)c2c3cc(ccc31)-c1csc(n1)C[C@H](NC(=O)[C@H](C(C)C)N(C)C(=O)N1CC([C@H](C)CO)C1)C(=O)N1CCCC(C=O)(COCC(C)(C)C2)N1. The minimum Gasteiger partial charge on any atom is -0.396 e. The number of fused-ring (bicyclic) bond motifs is 6. The first-order valence-electron chi connectivity index (χ1n) is 22.7. The van der Waals surface area contributed by atoms with Crippen LogP contribution >= 0.6 is 11.3 Å². The standard InChI is InChI=1S/C48H66N8O7S/c1-10-55-39-15-14-32-19-35(39)36(43(55)34-13-11-17-49-41(34)31(5)62-9)21-47(6,7)27-63-28-48(26-58)16-12-18-56(52-48)45(60)37(20-40-50-38(32)25-64-40)51-44(59)42(29(2)3)53(8)46(61)54-22-33(23-54)30(4)24-57/h11,13-15,17,19,25-26,29-31,33,37,42,52,57H,10,12,16,18,20-24,27-28H2,1-9H3,(H,51,59)/t30-,31+,37+,42+,48?/m1/s1. The summed E-state index contributed by atoms with van der Waals surface area (Å²) < 4.78 is 14.7. The molecular weight excluding hydrogens is 833 g/mol. The van der Waals surface area contributed by atoms with E-state index in [0.717, 1.165) is 51.0 Å². The molecule has 4 amide bonds. The van der Waals surface area contributed by atoms with Crippen LogP contribution in [0.3, 0.4) is 0 Å². The monoisotopic (exact) mass is 898 g/mol. The highest BCUT2D eigenvalue weighted by molar-refractivity contribution is 7.10. The zero-order valence-electron chi connectivity index (χ0n) is 38.8. The normalized spacial score (nSPS) is 22.1. The van der Waals surface area contributed by atoms with Gasteiger partial charge in [-0.05, 0) is 86.1 Å². The van der Waals surface area contributed by atoms with Gasteiger partial charge in [0.15, 0.2) is 0 Å². The van der Waals surface area contributed by atoms with Gasteiger partial charge in [-0.15, -0.1) is 11.3 Å². The van der Waals surface area contributed by atoms with E-state index in [1.807, 2.05) is 39.1 Å². The highest BCUT2D eigenvalue weighted by atomic mass is 32.1. The van der Waals surface area contributed by atoms with Crippen LogP contribution in [-0.2, 0) is 43.2 Å². The minimum atomic E-state index is -1.17. The van der Waals surface area contributed by atoms with Crippen LogP contribution < -0.4 is 10.7 Å². The Morgan fingerprint density at radius 1 is 1.17 bits per heavy atom. The molecule has 0 aliphatic carbocycles.